The van der Waals surface area contributed by atoms with Crippen LogP contribution in [0.3, 0.4) is 0 Å². The smallest absolute Gasteiger partial charge is 0.137 e. The van der Waals surface area contributed by atoms with Crippen molar-refractivity contribution in [1.82, 2.24) is 5.32 Å². The third kappa shape index (κ3) is 3.48. The summed E-state index contributed by atoms with van der Waals surface area (Å²) < 4.78 is 5.36. The van der Waals surface area contributed by atoms with Crippen molar-refractivity contribution < 1.29 is 4.74 Å². The molecule has 0 amide bonds. The van der Waals surface area contributed by atoms with Gasteiger partial charge in [0.2, 0.25) is 0 Å². The molecule has 3 unspecified atom stereocenters. The summed E-state index contributed by atoms with van der Waals surface area (Å²) in [5.41, 5.74) is 1.30. The molecule has 1 aliphatic carbocycles. The van der Waals surface area contributed by atoms with E-state index >= 15 is 0 Å². The molecule has 2 rings (SSSR count). The molecule has 1 saturated carbocycles. The van der Waals surface area contributed by atoms with Gasteiger partial charge in [-0.1, -0.05) is 44.4 Å². The first-order chi connectivity index (χ1) is 9.69. The minimum atomic E-state index is 0.419. The Hall–Kier alpha value is -0.730. The van der Waals surface area contributed by atoms with Gasteiger partial charge >= 0.3 is 0 Å². The van der Waals surface area contributed by atoms with Crippen LogP contribution < -0.4 is 10.1 Å². The molecule has 20 heavy (non-hydrogen) atoms. The van der Waals surface area contributed by atoms with Crippen molar-refractivity contribution in [3.8, 4) is 5.75 Å². The van der Waals surface area contributed by atoms with Gasteiger partial charge in [-0.05, 0) is 48.9 Å². The fraction of sp³-hybridized carbons (Fsp3) is 0.647. The maximum Gasteiger partial charge on any atom is 0.137 e. The number of nitrogens with one attached hydrogen (secondary N) is 1. The predicted octanol–water partition coefficient (Wildman–Crippen LogP) is 4.83. The summed E-state index contributed by atoms with van der Waals surface area (Å²) in [7, 11) is 1.68. The molecule has 0 saturated heterocycles. The lowest BCUT2D eigenvalue weighted by molar-refractivity contribution is 0.356. The summed E-state index contributed by atoms with van der Waals surface area (Å²) in [4.78, 5) is 0. The molecule has 1 fully saturated rings. The third-order valence-corrected chi connectivity index (χ3v) is 4.90. The molecule has 3 atom stereocenters. The average molecular weight is 296 g/mol. The Labute approximate surface area is 127 Å². The van der Waals surface area contributed by atoms with Crippen LogP contribution in [-0.4, -0.2) is 13.7 Å². The Bertz CT molecular complexity index is 435. The summed E-state index contributed by atoms with van der Waals surface area (Å²) in [5, 5.41) is 4.34. The maximum absolute atomic E-state index is 6.14. The molecule has 1 aliphatic rings. The van der Waals surface area contributed by atoms with E-state index in [0.717, 1.165) is 24.1 Å². The average Bonchev–Trinajstić information content (AvgIpc) is 2.94. The monoisotopic (exact) mass is 295 g/mol. The third-order valence-electron chi connectivity index (χ3n) is 4.59. The minimum absolute atomic E-state index is 0.419. The van der Waals surface area contributed by atoms with Gasteiger partial charge in [-0.15, -0.1) is 0 Å². The SMILES string of the molecule is CCNC(c1ccc(Cl)c(OC)c1)C1CCC(CC)C1. The van der Waals surface area contributed by atoms with Crippen LogP contribution in [0.4, 0.5) is 0 Å². The molecule has 1 aromatic rings. The number of hydrogen-bond acceptors (Lipinski definition) is 2. The molecule has 0 radical (unpaired) electrons. The molecule has 1 aromatic carbocycles. The number of hydrogen-bond donors (Lipinski definition) is 1. The van der Waals surface area contributed by atoms with Crippen LogP contribution in [0.15, 0.2) is 18.2 Å². The summed E-state index contributed by atoms with van der Waals surface area (Å²) in [6, 6.07) is 6.60. The second kappa shape index (κ2) is 7.33. The number of methoxy groups -OCH3 is 1. The van der Waals surface area contributed by atoms with E-state index < -0.39 is 0 Å². The lowest BCUT2D eigenvalue weighted by Crippen LogP contribution is -2.27. The zero-order valence-electron chi connectivity index (χ0n) is 12.8. The number of benzene rings is 1. The highest BCUT2D eigenvalue weighted by Crippen LogP contribution is 2.41. The van der Waals surface area contributed by atoms with Gasteiger partial charge in [0, 0.05) is 6.04 Å². The molecule has 0 spiro atoms. The first-order valence-corrected chi connectivity index (χ1v) is 8.14. The molecule has 3 heteroatoms. The molecule has 0 heterocycles. The van der Waals surface area contributed by atoms with Crippen molar-refractivity contribution in [2.24, 2.45) is 11.8 Å². The van der Waals surface area contributed by atoms with Gasteiger partial charge in [-0.25, -0.2) is 0 Å². The zero-order chi connectivity index (χ0) is 14.5. The molecule has 0 bridgehead atoms. The predicted molar refractivity (Wildman–Crippen MR) is 85.5 cm³/mol. The van der Waals surface area contributed by atoms with E-state index in [1.54, 1.807) is 7.11 Å². The second-order valence-electron chi connectivity index (χ2n) is 5.78. The Morgan fingerprint density at radius 2 is 2.15 bits per heavy atom. The topological polar surface area (TPSA) is 21.3 Å². The molecular weight excluding hydrogens is 270 g/mol. The Kier molecular flexibility index (Phi) is 5.74. The highest BCUT2D eigenvalue weighted by atomic mass is 35.5. The van der Waals surface area contributed by atoms with Gasteiger partial charge in [0.05, 0.1) is 12.1 Å². The first-order valence-electron chi connectivity index (χ1n) is 7.76. The van der Waals surface area contributed by atoms with Crippen LogP contribution in [0.2, 0.25) is 5.02 Å². The first kappa shape index (κ1) is 15.7. The van der Waals surface area contributed by atoms with Crippen molar-refractivity contribution >= 4 is 11.6 Å². The minimum Gasteiger partial charge on any atom is -0.495 e. The van der Waals surface area contributed by atoms with Crippen molar-refractivity contribution in [3.63, 3.8) is 0 Å². The Morgan fingerprint density at radius 1 is 1.35 bits per heavy atom. The largest absolute Gasteiger partial charge is 0.495 e. The van der Waals surface area contributed by atoms with Crippen LogP contribution in [0, 0.1) is 11.8 Å². The van der Waals surface area contributed by atoms with Gasteiger partial charge in [0.25, 0.3) is 0 Å². The van der Waals surface area contributed by atoms with Crippen molar-refractivity contribution in [3.05, 3.63) is 28.8 Å². The van der Waals surface area contributed by atoms with E-state index in [0.29, 0.717) is 11.1 Å². The van der Waals surface area contributed by atoms with Crippen LogP contribution in [0.25, 0.3) is 0 Å². The Balaban J connectivity index is 2.20. The molecule has 0 aliphatic heterocycles. The van der Waals surface area contributed by atoms with E-state index in [9.17, 15) is 0 Å². The van der Waals surface area contributed by atoms with Crippen LogP contribution in [0.1, 0.15) is 51.1 Å². The fourth-order valence-electron chi connectivity index (χ4n) is 3.43. The van der Waals surface area contributed by atoms with E-state index in [2.05, 4.69) is 31.3 Å². The summed E-state index contributed by atoms with van der Waals surface area (Å²) in [6.07, 6.45) is 5.33. The van der Waals surface area contributed by atoms with Crippen LogP contribution in [-0.2, 0) is 0 Å². The van der Waals surface area contributed by atoms with E-state index in [4.69, 9.17) is 16.3 Å². The van der Waals surface area contributed by atoms with Crippen molar-refractivity contribution in [2.45, 2.75) is 45.6 Å². The quantitative estimate of drug-likeness (QED) is 0.812. The highest BCUT2D eigenvalue weighted by Gasteiger charge is 2.30. The van der Waals surface area contributed by atoms with Gasteiger partial charge in [0.15, 0.2) is 0 Å². The molecule has 112 valence electrons. The van der Waals surface area contributed by atoms with E-state index in [1.807, 2.05) is 6.07 Å². The fourth-order valence-corrected chi connectivity index (χ4v) is 3.63. The normalized spacial score (nSPS) is 23.8. The summed E-state index contributed by atoms with van der Waals surface area (Å²) in [6.45, 7) is 5.47. The maximum atomic E-state index is 6.14. The number of ether oxygens (including phenoxy) is 1. The molecule has 2 nitrogen and oxygen atoms in total. The van der Waals surface area contributed by atoms with Gasteiger partial charge < -0.3 is 10.1 Å². The lowest BCUT2D eigenvalue weighted by Gasteiger charge is -2.25. The van der Waals surface area contributed by atoms with E-state index in [-0.39, 0.29) is 0 Å². The van der Waals surface area contributed by atoms with Gasteiger partial charge in [-0.2, -0.15) is 0 Å². The second-order valence-corrected chi connectivity index (χ2v) is 6.18. The van der Waals surface area contributed by atoms with Crippen LogP contribution in [0.5, 0.6) is 5.75 Å². The van der Waals surface area contributed by atoms with Crippen LogP contribution >= 0.6 is 11.6 Å². The zero-order valence-corrected chi connectivity index (χ0v) is 13.5. The standard InChI is InChI=1S/C17H26ClNO/c1-4-12-6-7-13(10-12)17(19-5-2)14-8-9-15(18)16(11-14)20-3/h8-9,11-13,17,19H,4-7,10H2,1-3H3. The summed E-state index contributed by atoms with van der Waals surface area (Å²) >= 11 is 6.14. The molecular formula is C17H26ClNO. The summed E-state index contributed by atoms with van der Waals surface area (Å²) in [5.74, 6) is 2.40. The molecule has 1 N–H and O–H groups in total. The molecule has 0 aromatic heterocycles. The van der Waals surface area contributed by atoms with E-state index in [1.165, 1.54) is 31.2 Å². The van der Waals surface area contributed by atoms with Crippen molar-refractivity contribution in [1.29, 1.82) is 0 Å². The number of rotatable bonds is 6. The highest BCUT2D eigenvalue weighted by molar-refractivity contribution is 6.32. The van der Waals surface area contributed by atoms with Crippen molar-refractivity contribution in [2.75, 3.05) is 13.7 Å². The van der Waals surface area contributed by atoms with Gasteiger partial charge in [0.1, 0.15) is 5.75 Å². The number of halogens is 1. The van der Waals surface area contributed by atoms with Gasteiger partial charge in [-0.3, -0.25) is 0 Å². The Morgan fingerprint density at radius 3 is 2.75 bits per heavy atom. The lowest BCUT2D eigenvalue weighted by atomic mass is 9.90.